The Labute approximate surface area is 168 Å². The molecule has 146 valence electrons. The smallest absolute Gasteiger partial charge is 0.291 e. The minimum atomic E-state index is -0.300. The first kappa shape index (κ1) is 18.6. The molecule has 2 aromatic carbocycles. The van der Waals surface area contributed by atoms with E-state index in [9.17, 15) is 9.59 Å². The molecular weight excluding hydrogens is 366 g/mol. The number of aromatic nitrogens is 1. The fourth-order valence-corrected chi connectivity index (χ4v) is 3.31. The number of furan rings is 1. The van der Waals surface area contributed by atoms with E-state index in [1.54, 1.807) is 24.3 Å². The minimum absolute atomic E-state index is 0.0310. The number of anilines is 1. The van der Waals surface area contributed by atoms with Gasteiger partial charge in [-0.25, -0.2) is 0 Å². The summed E-state index contributed by atoms with van der Waals surface area (Å²) in [6, 6.07) is 18.7. The van der Waals surface area contributed by atoms with Gasteiger partial charge < -0.3 is 19.6 Å². The first-order valence-corrected chi connectivity index (χ1v) is 9.33. The van der Waals surface area contributed by atoms with Gasteiger partial charge in [0.15, 0.2) is 5.76 Å². The molecule has 0 radical (unpaired) electrons. The Balaban J connectivity index is 1.33. The highest BCUT2D eigenvalue weighted by molar-refractivity contribution is 6.02. The van der Waals surface area contributed by atoms with Gasteiger partial charge in [0.05, 0.1) is 12.7 Å². The highest BCUT2D eigenvalue weighted by Crippen LogP contribution is 2.20. The lowest BCUT2D eigenvalue weighted by molar-refractivity contribution is -0.120. The normalized spacial score (nSPS) is 10.8. The van der Waals surface area contributed by atoms with Crippen molar-refractivity contribution < 1.29 is 14.0 Å². The zero-order valence-corrected chi connectivity index (χ0v) is 16.0. The summed E-state index contributed by atoms with van der Waals surface area (Å²) in [5.41, 5.74) is 3.74. The maximum atomic E-state index is 12.4. The van der Waals surface area contributed by atoms with Gasteiger partial charge in [-0.2, -0.15) is 0 Å². The Kier molecular flexibility index (Phi) is 5.16. The molecule has 0 atom stereocenters. The van der Waals surface area contributed by atoms with E-state index < -0.39 is 0 Å². The van der Waals surface area contributed by atoms with Crippen molar-refractivity contribution in [3.8, 4) is 0 Å². The van der Waals surface area contributed by atoms with Crippen LogP contribution in [0.4, 0.5) is 5.69 Å². The first-order chi connectivity index (χ1) is 14.1. The number of para-hydroxylation sites is 1. The molecule has 0 spiro atoms. The molecule has 2 amide bonds. The molecular formula is C23H21N3O3. The molecule has 2 aromatic heterocycles. The van der Waals surface area contributed by atoms with E-state index >= 15 is 0 Å². The van der Waals surface area contributed by atoms with Crippen molar-refractivity contribution in [1.29, 1.82) is 0 Å². The Hall–Kier alpha value is -3.80. The lowest BCUT2D eigenvalue weighted by atomic mass is 10.1. The van der Waals surface area contributed by atoms with Crippen LogP contribution in [-0.4, -0.2) is 16.4 Å². The Morgan fingerprint density at radius 1 is 1.00 bits per heavy atom. The number of rotatable bonds is 6. The van der Waals surface area contributed by atoms with Gasteiger partial charge in [-0.3, -0.25) is 9.59 Å². The van der Waals surface area contributed by atoms with Gasteiger partial charge in [-0.1, -0.05) is 30.3 Å². The van der Waals surface area contributed by atoms with Crippen LogP contribution in [0.15, 0.2) is 77.5 Å². The summed E-state index contributed by atoms with van der Waals surface area (Å²) in [5, 5.41) is 6.82. The van der Waals surface area contributed by atoms with Crippen molar-refractivity contribution in [1.82, 2.24) is 9.88 Å². The third-order valence-electron chi connectivity index (χ3n) is 4.78. The van der Waals surface area contributed by atoms with E-state index in [2.05, 4.69) is 10.6 Å². The highest BCUT2D eigenvalue weighted by atomic mass is 16.3. The van der Waals surface area contributed by atoms with E-state index in [0.29, 0.717) is 18.7 Å². The summed E-state index contributed by atoms with van der Waals surface area (Å²) >= 11 is 0. The lowest BCUT2D eigenvalue weighted by Crippen LogP contribution is -2.24. The molecule has 4 rings (SSSR count). The number of fused-ring (bicyclic) bond motifs is 1. The Morgan fingerprint density at radius 2 is 1.79 bits per heavy atom. The molecule has 0 aliphatic rings. The Bertz CT molecular complexity index is 1140. The average molecular weight is 387 g/mol. The largest absolute Gasteiger partial charge is 0.459 e. The summed E-state index contributed by atoms with van der Waals surface area (Å²) in [4.78, 5) is 24.4. The number of hydrogen-bond acceptors (Lipinski definition) is 3. The molecule has 6 nitrogen and oxygen atoms in total. The summed E-state index contributed by atoms with van der Waals surface area (Å²) in [6.07, 6.45) is 3.79. The molecule has 2 heterocycles. The van der Waals surface area contributed by atoms with Crippen LogP contribution in [0.2, 0.25) is 0 Å². The standard InChI is InChI=1S/C23H21N3O3/c1-26-15-17(19-5-2-3-6-20(19)26)13-22(27)24-14-16-8-10-18(11-9-16)25-23(28)21-7-4-12-29-21/h2-12,15H,13-14H2,1H3,(H,24,27)(H,25,28). The van der Waals surface area contributed by atoms with Gasteiger partial charge in [-0.05, 0) is 41.5 Å². The van der Waals surface area contributed by atoms with Crippen LogP contribution in [0.25, 0.3) is 10.9 Å². The summed E-state index contributed by atoms with van der Waals surface area (Å²) in [6.45, 7) is 0.427. The molecule has 0 aliphatic carbocycles. The molecule has 0 unspecified atom stereocenters. The number of nitrogens with one attached hydrogen (secondary N) is 2. The molecule has 0 aliphatic heterocycles. The molecule has 0 bridgehead atoms. The number of benzene rings is 2. The second kappa shape index (κ2) is 8.06. The predicted octanol–water partition coefficient (Wildman–Crippen LogP) is 3.88. The number of carbonyl (C=O) groups is 2. The fraction of sp³-hybridized carbons (Fsp3) is 0.130. The maximum Gasteiger partial charge on any atom is 0.291 e. The second-order valence-electron chi connectivity index (χ2n) is 6.86. The topological polar surface area (TPSA) is 76.3 Å². The van der Waals surface area contributed by atoms with Crippen molar-refractivity contribution >= 4 is 28.4 Å². The highest BCUT2D eigenvalue weighted by Gasteiger charge is 2.11. The molecule has 6 heteroatoms. The second-order valence-corrected chi connectivity index (χ2v) is 6.86. The number of amides is 2. The van der Waals surface area contributed by atoms with E-state index in [0.717, 1.165) is 22.0 Å². The third-order valence-corrected chi connectivity index (χ3v) is 4.78. The number of hydrogen-bond donors (Lipinski definition) is 2. The molecule has 0 saturated heterocycles. The zero-order valence-electron chi connectivity index (χ0n) is 16.0. The van der Waals surface area contributed by atoms with Crippen LogP contribution in [-0.2, 0) is 24.8 Å². The van der Waals surface area contributed by atoms with Gasteiger partial charge in [0.1, 0.15) is 0 Å². The van der Waals surface area contributed by atoms with Crippen LogP contribution < -0.4 is 10.6 Å². The van der Waals surface area contributed by atoms with Crippen LogP contribution in [0.5, 0.6) is 0 Å². The first-order valence-electron chi connectivity index (χ1n) is 9.33. The molecule has 29 heavy (non-hydrogen) atoms. The third kappa shape index (κ3) is 4.21. The van der Waals surface area contributed by atoms with Gasteiger partial charge in [0.2, 0.25) is 5.91 Å². The average Bonchev–Trinajstić information content (AvgIpc) is 3.37. The number of nitrogens with zero attached hydrogens (tertiary/aromatic N) is 1. The van der Waals surface area contributed by atoms with E-state index in [4.69, 9.17) is 4.42 Å². The van der Waals surface area contributed by atoms with Crippen molar-refractivity contribution in [2.45, 2.75) is 13.0 Å². The maximum absolute atomic E-state index is 12.4. The van der Waals surface area contributed by atoms with Crippen LogP contribution in [0, 0.1) is 0 Å². The predicted molar refractivity (Wildman–Crippen MR) is 112 cm³/mol. The molecule has 2 N–H and O–H groups in total. The van der Waals surface area contributed by atoms with Crippen molar-refractivity contribution in [3.63, 3.8) is 0 Å². The zero-order chi connectivity index (χ0) is 20.2. The van der Waals surface area contributed by atoms with Gasteiger partial charge in [0, 0.05) is 36.4 Å². The Morgan fingerprint density at radius 3 is 2.55 bits per heavy atom. The quantitative estimate of drug-likeness (QED) is 0.527. The SMILES string of the molecule is Cn1cc(CC(=O)NCc2ccc(NC(=O)c3ccco3)cc2)c2ccccc21. The molecule has 0 saturated carbocycles. The van der Waals surface area contributed by atoms with Gasteiger partial charge >= 0.3 is 0 Å². The number of carbonyl (C=O) groups excluding carboxylic acids is 2. The summed E-state index contributed by atoms with van der Waals surface area (Å²) in [5.74, 6) is -0.0718. The van der Waals surface area contributed by atoms with Crippen molar-refractivity contribution in [2.75, 3.05) is 5.32 Å². The van der Waals surface area contributed by atoms with E-state index in [1.807, 2.05) is 54.2 Å². The monoisotopic (exact) mass is 387 g/mol. The van der Waals surface area contributed by atoms with Crippen molar-refractivity contribution in [3.05, 3.63) is 90.0 Å². The minimum Gasteiger partial charge on any atom is -0.459 e. The summed E-state index contributed by atoms with van der Waals surface area (Å²) in [7, 11) is 1.98. The van der Waals surface area contributed by atoms with Crippen molar-refractivity contribution in [2.24, 2.45) is 7.05 Å². The molecule has 0 fully saturated rings. The van der Waals surface area contributed by atoms with Crippen LogP contribution in [0.3, 0.4) is 0 Å². The number of aryl methyl sites for hydroxylation is 1. The van der Waals surface area contributed by atoms with Crippen LogP contribution in [0.1, 0.15) is 21.7 Å². The molecule has 4 aromatic rings. The summed E-state index contributed by atoms with van der Waals surface area (Å²) < 4.78 is 7.11. The van der Waals surface area contributed by atoms with E-state index in [1.165, 1.54) is 6.26 Å². The van der Waals surface area contributed by atoms with E-state index in [-0.39, 0.29) is 17.6 Å². The van der Waals surface area contributed by atoms with Gasteiger partial charge in [0.25, 0.3) is 5.91 Å². The fourth-order valence-electron chi connectivity index (χ4n) is 3.31. The lowest BCUT2D eigenvalue weighted by Gasteiger charge is -2.07. The van der Waals surface area contributed by atoms with Gasteiger partial charge in [-0.15, -0.1) is 0 Å². The van der Waals surface area contributed by atoms with Crippen LogP contribution >= 0.6 is 0 Å².